The van der Waals surface area contributed by atoms with Crippen molar-refractivity contribution >= 4 is 17.9 Å². The van der Waals surface area contributed by atoms with Gasteiger partial charge in [-0.15, -0.1) is 0 Å². The van der Waals surface area contributed by atoms with Gasteiger partial charge < -0.3 is 16.2 Å². The zero-order valence-electron chi connectivity index (χ0n) is 9.88. The zero-order valence-corrected chi connectivity index (χ0v) is 9.88. The Labute approximate surface area is 99.0 Å². The third kappa shape index (κ3) is 4.60. The van der Waals surface area contributed by atoms with Crippen LogP contribution >= 0.6 is 0 Å². The second-order valence-electron chi connectivity index (χ2n) is 3.45. The summed E-state index contributed by atoms with van der Waals surface area (Å²) in [6.45, 7) is 2.61. The van der Waals surface area contributed by atoms with Gasteiger partial charge in [0.2, 0.25) is 11.9 Å². The lowest BCUT2D eigenvalue weighted by molar-refractivity contribution is -0.144. The highest BCUT2D eigenvalue weighted by Gasteiger charge is 2.10. The van der Waals surface area contributed by atoms with Crippen molar-refractivity contribution in [1.29, 1.82) is 0 Å². The number of ether oxygens (including phenoxy) is 1. The summed E-state index contributed by atoms with van der Waals surface area (Å²) in [7, 11) is 1.74. The minimum atomic E-state index is -0.301. The van der Waals surface area contributed by atoms with Crippen molar-refractivity contribution in [2.45, 2.75) is 13.5 Å². The lowest BCUT2D eigenvalue weighted by Crippen LogP contribution is -2.28. The normalized spacial score (nSPS) is 10.5. The molecule has 0 saturated carbocycles. The van der Waals surface area contributed by atoms with Crippen LogP contribution in [0.25, 0.3) is 0 Å². The molecule has 1 rings (SSSR count). The molecule has 0 amide bonds. The first-order chi connectivity index (χ1) is 8.01. The fourth-order valence-corrected chi connectivity index (χ4v) is 1.25. The van der Waals surface area contributed by atoms with Gasteiger partial charge in [0.25, 0.3) is 0 Å². The van der Waals surface area contributed by atoms with Crippen molar-refractivity contribution in [2.24, 2.45) is 0 Å². The summed E-state index contributed by atoms with van der Waals surface area (Å²) in [4.78, 5) is 24.4. The topological polar surface area (TPSA) is 120 Å². The molecule has 0 atom stereocenters. The maximum absolute atomic E-state index is 11.2. The largest absolute Gasteiger partial charge is 0.465 e. The van der Waals surface area contributed by atoms with Gasteiger partial charge in [-0.05, 0) is 14.0 Å². The van der Waals surface area contributed by atoms with Gasteiger partial charge in [0.1, 0.15) is 5.82 Å². The second kappa shape index (κ2) is 5.94. The molecule has 0 aliphatic carbocycles. The minimum absolute atomic E-state index is 0.0667. The van der Waals surface area contributed by atoms with E-state index in [2.05, 4.69) is 15.0 Å². The van der Waals surface area contributed by atoms with Crippen LogP contribution in [0.15, 0.2) is 0 Å². The van der Waals surface area contributed by atoms with Crippen molar-refractivity contribution in [2.75, 3.05) is 31.7 Å². The van der Waals surface area contributed by atoms with E-state index < -0.39 is 0 Å². The zero-order chi connectivity index (χ0) is 12.8. The maximum atomic E-state index is 11.2. The number of likely N-dealkylation sites (N-methyl/N-ethyl adjacent to an activating group) is 1. The van der Waals surface area contributed by atoms with E-state index in [1.54, 1.807) is 18.9 Å². The van der Waals surface area contributed by atoms with E-state index in [1.165, 1.54) is 0 Å². The molecule has 0 unspecified atom stereocenters. The quantitative estimate of drug-likeness (QED) is 0.631. The van der Waals surface area contributed by atoms with E-state index in [-0.39, 0.29) is 24.4 Å². The van der Waals surface area contributed by atoms with Crippen LogP contribution in [-0.2, 0) is 16.1 Å². The standard InChI is InChI=1S/C9H16N6O2/c1-3-17-7(16)5-15(2)4-6-12-8(10)14-9(11)13-6/h3-5H2,1-2H3,(H4,10,11,12,13,14). The molecule has 0 spiro atoms. The highest BCUT2D eigenvalue weighted by molar-refractivity contribution is 5.71. The molecule has 17 heavy (non-hydrogen) atoms. The molecule has 0 aliphatic heterocycles. The Kier molecular flexibility index (Phi) is 4.58. The van der Waals surface area contributed by atoms with Crippen LogP contribution in [0.2, 0.25) is 0 Å². The first kappa shape index (κ1) is 13.1. The van der Waals surface area contributed by atoms with Gasteiger partial charge in [-0.25, -0.2) is 0 Å². The van der Waals surface area contributed by atoms with Gasteiger partial charge in [-0.2, -0.15) is 15.0 Å². The predicted octanol–water partition coefficient (Wildman–Crippen LogP) is -0.969. The first-order valence-corrected chi connectivity index (χ1v) is 5.11. The summed E-state index contributed by atoms with van der Waals surface area (Å²) < 4.78 is 4.81. The number of hydrogen-bond donors (Lipinski definition) is 2. The molecule has 1 heterocycles. The Morgan fingerprint density at radius 2 is 1.88 bits per heavy atom. The average Bonchev–Trinajstić information content (AvgIpc) is 2.14. The fraction of sp³-hybridized carbons (Fsp3) is 0.556. The van der Waals surface area contributed by atoms with Crippen LogP contribution in [0.1, 0.15) is 12.7 Å². The van der Waals surface area contributed by atoms with Gasteiger partial charge in [-0.3, -0.25) is 9.69 Å². The van der Waals surface area contributed by atoms with Crippen molar-refractivity contribution in [3.05, 3.63) is 5.82 Å². The summed E-state index contributed by atoms with van der Waals surface area (Å²) in [6, 6.07) is 0. The Morgan fingerprint density at radius 1 is 1.29 bits per heavy atom. The molecule has 8 heteroatoms. The number of nitrogens with two attached hydrogens (primary N) is 2. The molecular formula is C9H16N6O2. The van der Waals surface area contributed by atoms with Gasteiger partial charge in [0.15, 0.2) is 0 Å². The second-order valence-corrected chi connectivity index (χ2v) is 3.45. The number of nitrogen functional groups attached to an aromatic ring is 2. The Hall–Kier alpha value is -1.96. The number of nitrogens with zero attached hydrogens (tertiary/aromatic N) is 4. The maximum Gasteiger partial charge on any atom is 0.320 e. The van der Waals surface area contributed by atoms with Gasteiger partial charge in [-0.1, -0.05) is 0 Å². The van der Waals surface area contributed by atoms with Crippen molar-refractivity contribution < 1.29 is 9.53 Å². The van der Waals surface area contributed by atoms with Crippen LogP contribution in [0.4, 0.5) is 11.9 Å². The molecule has 0 saturated heterocycles. The Bertz CT molecular complexity index is 377. The number of rotatable bonds is 5. The molecule has 0 radical (unpaired) electrons. The van der Waals surface area contributed by atoms with Gasteiger partial charge in [0.05, 0.1) is 19.7 Å². The summed E-state index contributed by atoms with van der Waals surface area (Å²) in [5, 5.41) is 0. The SMILES string of the molecule is CCOC(=O)CN(C)Cc1nc(N)nc(N)n1. The summed E-state index contributed by atoms with van der Waals surface area (Å²) in [6.07, 6.45) is 0. The number of carbonyl (C=O) groups is 1. The van der Waals surface area contributed by atoms with Crippen molar-refractivity contribution in [1.82, 2.24) is 19.9 Å². The van der Waals surface area contributed by atoms with Gasteiger partial charge in [0, 0.05) is 0 Å². The van der Waals surface area contributed by atoms with Crippen LogP contribution in [0.5, 0.6) is 0 Å². The molecule has 1 aromatic heterocycles. The van der Waals surface area contributed by atoms with Crippen LogP contribution in [0, 0.1) is 0 Å². The van der Waals surface area contributed by atoms with Crippen molar-refractivity contribution in [3.8, 4) is 0 Å². The smallest absolute Gasteiger partial charge is 0.320 e. The summed E-state index contributed by atoms with van der Waals surface area (Å²) >= 11 is 0. The minimum Gasteiger partial charge on any atom is -0.465 e. The Balaban J connectivity index is 2.55. The summed E-state index contributed by atoms with van der Waals surface area (Å²) in [5.74, 6) is 0.251. The Morgan fingerprint density at radius 3 is 2.41 bits per heavy atom. The molecule has 1 aromatic rings. The van der Waals surface area contributed by atoms with Crippen LogP contribution in [-0.4, -0.2) is 46.0 Å². The third-order valence-corrected chi connectivity index (χ3v) is 1.83. The first-order valence-electron chi connectivity index (χ1n) is 5.11. The van der Waals surface area contributed by atoms with Crippen LogP contribution < -0.4 is 11.5 Å². The third-order valence-electron chi connectivity index (χ3n) is 1.83. The summed E-state index contributed by atoms with van der Waals surface area (Å²) in [5.41, 5.74) is 10.9. The molecule has 94 valence electrons. The van der Waals surface area contributed by atoms with Gasteiger partial charge >= 0.3 is 5.97 Å². The predicted molar refractivity (Wildman–Crippen MR) is 61.6 cm³/mol. The molecule has 0 fully saturated rings. The fourth-order valence-electron chi connectivity index (χ4n) is 1.25. The van der Waals surface area contributed by atoms with E-state index in [0.717, 1.165) is 0 Å². The van der Waals surface area contributed by atoms with E-state index in [4.69, 9.17) is 16.2 Å². The highest BCUT2D eigenvalue weighted by atomic mass is 16.5. The average molecular weight is 240 g/mol. The lowest BCUT2D eigenvalue weighted by Gasteiger charge is -2.14. The highest BCUT2D eigenvalue weighted by Crippen LogP contribution is 2.01. The van der Waals surface area contributed by atoms with E-state index in [1.807, 2.05) is 0 Å². The van der Waals surface area contributed by atoms with E-state index in [0.29, 0.717) is 19.0 Å². The number of esters is 1. The monoisotopic (exact) mass is 240 g/mol. The van der Waals surface area contributed by atoms with Crippen LogP contribution in [0.3, 0.4) is 0 Å². The van der Waals surface area contributed by atoms with Crippen molar-refractivity contribution in [3.63, 3.8) is 0 Å². The molecule has 0 bridgehead atoms. The number of aromatic nitrogens is 3. The molecule has 8 nitrogen and oxygen atoms in total. The lowest BCUT2D eigenvalue weighted by atomic mass is 10.5. The number of carbonyl (C=O) groups excluding carboxylic acids is 1. The number of hydrogen-bond acceptors (Lipinski definition) is 8. The van der Waals surface area contributed by atoms with E-state index in [9.17, 15) is 4.79 Å². The number of anilines is 2. The van der Waals surface area contributed by atoms with E-state index >= 15 is 0 Å². The molecule has 4 N–H and O–H groups in total. The molecular weight excluding hydrogens is 224 g/mol. The molecule has 0 aromatic carbocycles. The molecule has 0 aliphatic rings.